The summed E-state index contributed by atoms with van der Waals surface area (Å²) in [6, 6.07) is 6.13. The summed E-state index contributed by atoms with van der Waals surface area (Å²) in [5.74, 6) is -1.31. The van der Waals surface area contributed by atoms with Crippen LogP contribution in [0.5, 0.6) is 0 Å². The van der Waals surface area contributed by atoms with Crippen LogP contribution in [0.2, 0.25) is 0 Å². The van der Waals surface area contributed by atoms with Gasteiger partial charge in [-0.25, -0.2) is 9.18 Å². The molecule has 0 aliphatic rings. The molecule has 17 heavy (non-hydrogen) atoms. The number of rotatable bonds is 2. The van der Waals surface area contributed by atoms with Crippen LogP contribution < -0.4 is 0 Å². The minimum atomic E-state index is -0.978. The molecule has 0 fully saturated rings. The summed E-state index contributed by atoms with van der Waals surface area (Å²) >= 11 is 4.53. The molecule has 0 radical (unpaired) electrons. The van der Waals surface area contributed by atoms with Crippen LogP contribution in [0, 0.1) is 12.7 Å². The highest BCUT2D eigenvalue weighted by Crippen LogP contribution is 2.39. The largest absolute Gasteiger partial charge is 0.478 e. The van der Waals surface area contributed by atoms with Crippen molar-refractivity contribution in [2.75, 3.05) is 0 Å². The number of carboxylic acid groups (broad SMARTS) is 1. The third kappa shape index (κ3) is 2.25. The summed E-state index contributed by atoms with van der Waals surface area (Å²) in [5.41, 5.74) is 1.59. The molecule has 2 rings (SSSR count). The van der Waals surface area contributed by atoms with Crippen LogP contribution in [0.3, 0.4) is 0 Å². The maximum atomic E-state index is 13.1. The van der Waals surface area contributed by atoms with Gasteiger partial charge in [-0.2, -0.15) is 0 Å². The monoisotopic (exact) mass is 314 g/mol. The zero-order valence-electron chi connectivity index (χ0n) is 8.83. The average Bonchev–Trinajstić information content (AvgIpc) is 2.54. The van der Waals surface area contributed by atoms with Gasteiger partial charge >= 0.3 is 5.97 Å². The highest BCUT2D eigenvalue weighted by molar-refractivity contribution is 9.11. The number of halogens is 2. The SMILES string of the molecule is Cc1c(-c2cccc(F)c2)sc(Br)c1C(=O)O. The smallest absolute Gasteiger partial charge is 0.338 e. The van der Waals surface area contributed by atoms with Gasteiger partial charge in [-0.3, -0.25) is 0 Å². The Balaban J connectivity index is 2.62. The lowest BCUT2D eigenvalue weighted by Crippen LogP contribution is -1.97. The van der Waals surface area contributed by atoms with Gasteiger partial charge in [0.25, 0.3) is 0 Å². The molecule has 88 valence electrons. The minimum Gasteiger partial charge on any atom is -0.478 e. The van der Waals surface area contributed by atoms with Crippen molar-refractivity contribution in [1.29, 1.82) is 0 Å². The first-order chi connectivity index (χ1) is 8.00. The van der Waals surface area contributed by atoms with Crippen molar-refractivity contribution in [1.82, 2.24) is 0 Å². The maximum Gasteiger partial charge on any atom is 0.338 e. The number of hydrogen-bond donors (Lipinski definition) is 1. The molecule has 0 unspecified atom stereocenters. The molecular weight excluding hydrogens is 307 g/mol. The molecule has 1 aromatic carbocycles. The fraction of sp³-hybridized carbons (Fsp3) is 0.0833. The molecule has 2 nitrogen and oxygen atoms in total. The summed E-state index contributed by atoms with van der Waals surface area (Å²) in [6.07, 6.45) is 0. The lowest BCUT2D eigenvalue weighted by molar-refractivity contribution is 0.0696. The van der Waals surface area contributed by atoms with Crippen molar-refractivity contribution in [3.63, 3.8) is 0 Å². The van der Waals surface area contributed by atoms with Crippen molar-refractivity contribution in [2.45, 2.75) is 6.92 Å². The standard InChI is InChI=1S/C12H8BrFO2S/c1-6-9(12(15)16)11(13)17-10(6)7-3-2-4-8(14)5-7/h2-5H,1H3,(H,15,16). The Bertz CT molecular complexity index is 592. The summed E-state index contributed by atoms with van der Waals surface area (Å²) in [7, 11) is 0. The summed E-state index contributed by atoms with van der Waals surface area (Å²) < 4.78 is 13.7. The van der Waals surface area contributed by atoms with Crippen LogP contribution in [0.15, 0.2) is 28.1 Å². The molecule has 0 aliphatic heterocycles. The van der Waals surface area contributed by atoms with Crippen molar-refractivity contribution in [3.05, 3.63) is 45.0 Å². The molecule has 0 bridgehead atoms. The van der Waals surface area contributed by atoms with E-state index in [1.54, 1.807) is 19.1 Å². The first-order valence-electron chi connectivity index (χ1n) is 4.79. The van der Waals surface area contributed by atoms with Crippen molar-refractivity contribution < 1.29 is 14.3 Å². The van der Waals surface area contributed by atoms with Crippen molar-refractivity contribution in [2.24, 2.45) is 0 Å². The average molecular weight is 315 g/mol. The number of hydrogen-bond acceptors (Lipinski definition) is 2. The second-order valence-electron chi connectivity index (χ2n) is 3.52. The molecule has 5 heteroatoms. The van der Waals surface area contributed by atoms with E-state index in [9.17, 15) is 9.18 Å². The zero-order chi connectivity index (χ0) is 12.6. The third-order valence-electron chi connectivity index (χ3n) is 2.40. The van der Waals surface area contributed by atoms with E-state index in [0.29, 0.717) is 14.9 Å². The molecule has 0 atom stereocenters. The number of benzene rings is 1. The Kier molecular flexibility index (Phi) is 3.31. The van der Waals surface area contributed by atoms with Crippen molar-refractivity contribution in [3.8, 4) is 10.4 Å². The second kappa shape index (κ2) is 4.58. The maximum absolute atomic E-state index is 13.1. The predicted molar refractivity (Wildman–Crippen MR) is 69.1 cm³/mol. The van der Waals surface area contributed by atoms with Gasteiger partial charge in [-0.05, 0) is 46.1 Å². The molecule has 0 spiro atoms. The molecule has 0 saturated heterocycles. The Labute approximate surface area is 110 Å². The first-order valence-corrected chi connectivity index (χ1v) is 6.39. The molecule has 1 N–H and O–H groups in total. The summed E-state index contributed by atoms with van der Waals surface area (Å²) in [6.45, 7) is 1.73. The molecule has 0 amide bonds. The topological polar surface area (TPSA) is 37.3 Å². The number of thiophene rings is 1. The van der Waals surface area contributed by atoms with Gasteiger partial charge in [0.2, 0.25) is 0 Å². The Morgan fingerprint density at radius 1 is 1.47 bits per heavy atom. The molecule has 0 saturated carbocycles. The molecular formula is C12H8BrFO2S. The highest BCUT2D eigenvalue weighted by Gasteiger charge is 2.19. The van der Waals surface area contributed by atoms with Crippen LogP contribution in [0.1, 0.15) is 15.9 Å². The second-order valence-corrected chi connectivity index (χ2v) is 5.86. The quantitative estimate of drug-likeness (QED) is 0.896. The fourth-order valence-corrected chi connectivity index (χ4v) is 3.60. The fourth-order valence-electron chi connectivity index (χ4n) is 1.63. The normalized spacial score (nSPS) is 10.5. The zero-order valence-corrected chi connectivity index (χ0v) is 11.2. The molecule has 2 aromatic rings. The predicted octanol–water partition coefficient (Wildman–Crippen LogP) is 4.32. The van der Waals surface area contributed by atoms with E-state index in [2.05, 4.69) is 15.9 Å². The van der Waals surface area contributed by atoms with E-state index in [-0.39, 0.29) is 11.4 Å². The van der Waals surface area contributed by atoms with Crippen LogP contribution in [-0.2, 0) is 0 Å². The van der Waals surface area contributed by atoms with E-state index in [1.165, 1.54) is 23.5 Å². The van der Waals surface area contributed by atoms with E-state index < -0.39 is 5.97 Å². The Morgan fingerprint density at radius 2 is 2.18 bits per heavy atom. The van der Waals surface area contributed by atoms with Gasteiger partial charge in [0, 0.05) is 4.88 Å². The van der Waals surface area contributed by atoms with Gasteiger partial charge in [-0.15, -0.1) is 11.3 Å². The van der Waals surface area contributed by atoms with Gasteiger partial charge < -0.3 is 5.11 Å². The summed E-state index contributed by atoms with van der Waals surface area (Å²) in [4.78, 5) is 11.8. The lowest BCUT2D eigenvalue weighted by Gasteiger charge is -2.00. The van der Waals surface area contributed by atoms with Gasteiger partial charge in [-0.1, -0.05) is 12.1 Å². The third-order valence-corrected chi connectivity index (χ3v) is 4.42. The molecule has 1 aromatic heterocycles. The van der Waals surface area contributed by atoms with Gasteiger partial charge in [0.05, 0.1) is 9.35 Å². The van der Waals surface area contributed by atoms with Crippen LogP contribution in [-0.4, -0.2) is 11.1 Å². The number of carbonyl (C=O) groups is 1. The highest BCUT2D eigenvalue weighted by atomic mass is 79.9. The van der Waals surface area contributed by atoms with Crippen LogP contribution in [0.4, 0.5) is 4.39 Å². The number of aromatic carboxylic acids is 1. The van der Waals surface area contributed by atoms with E-state index in [4.69, 9.17) is 5.11 Å². The molecule has 0 aliphatic carbocycles. The Hall–Kier alpha value is -1.20. The van der Waals surface area contributed by atoms with Gasteiger partial charge in [0.15, 0.2) is 0 Å². The summed E-state index contributed by atoms with van der Waals surface area (Å²) in [5, 5.41) is 9.06. The minimum absolute atomic E-state index is 0.245. The van der Waals surface area contributed by atoms with E-state index >= 15 is 0 Å². The van der Waals surface area contributed by atoms with Crippen molar-refractivity contribution >= 4 is 33.2 Å². The van der Waals surface area contributed by atoms with Crippen LogP contribution >= 0.6 is 27.3 Å². The molecule has 1 heterocycles. The van der Waals surface area contributed by atoms with Gasteiger partial charge in [0.1, 0.15) is 5.82 Å². The Morgan fingerprint density at radius 3 is 2.71 bits per heavy atom. The number of carboxylic acids is 1. The van der Waals surface area contributed by atoms with E-state index in [0.717, 1.165) is 4.88 Å². The first kappa shape index (κ1) is 12.3. The van der Waals surface area contributed by atoms with E-state index in [1.807, 2.05) is 0 Å². The lowest BCUT2D eigenvalue weighted by atomic mass is 10.1. The van der Waals surface area contributed by atoms with Crippen LogP contribution in [0.25, 0.3) is 10.4 Å².